The Hall–Kier alpha value is -0.860. The average molecular weight is 167 g/mol. The number of ketones is 1. The molecule has 66 valence electrons. The summed E-state index contributed by atoms with van der Waals surface area (Å²) in [7, 11) is 0. The van der Waals surface area contributed by atoms with Crippen LogP contribution in [-0.2, 0) is 9.59 Å². The quantitative estimate of drug-likeness (QED) is 0.575. The summed E-state index contributed by atoms with van der Waals surface area (Å²) in [6, 6.07) is 0. The van der Waals surface area contributed by atoms with E-state index in [1.54, 1.807) is 0 Å². The summed E-state index contributed by atoms with van der Waals surface area (Å²) in [6.07, 6.45) is 3.91. The number of carbonyl (C=O) groups is 2. The van der Waals surface area contributed by atoms with Crippen molar-refractivity contribution in [1.82, 2.24) is 5.32 Å². The molecular weight excluding hydrogens is 154 g/mol. The molecule has 1 saturated carbocycles. The van der Waals surface area contributed by atoms with Crippen LogP contribution in [0.5, 0.6) is 0 Å². The summed E-state index contributed by atoms with van der Waals surface area (Å²) >= 11 is 0. The van der Waals surface area contributed by atoms with E-state index in [4.69, 9.17) is 0 Å². The number of amides is 1. The number of nitrogens with one attached hydrogen (secondary N) is 1. The van der Waals surface area contributed by atoms with Crippen molar-refractivity contribution in [2.24, 2.45) is 5.41 Å². The molecule has 3 nitrogen and oxygen atoms in total. The van der Waals surface area contributed by atoms with Crippen LogP contribution < -0.4 is 5.32 Å². The molecule has 1 amide bonds. The summed E-state index contributed by atoms with van der Waals surface area (Å²) in [4.78, 5) is 22.2. The number of hydrogen-bond donors (Lipinski definition) is 1. The molecule has 2 rings (SSSR count). The maximum Gasteiger partial charge on any atom is 0.220 e. The lowest BCUT2D eigenvalue weighted by molar-refractivity contribution is -0.124. The zero-order chi connectivity index (χ0) is 8.60. The van der Waals surface area contributed by atoms with Crippen LogP contribution in [0, 0.1) is 5.41 Å². The Morgan fingerprint density at radius 2 is 2.08 bits per heavy atom. The molecule has 1 aliphatic heterocycles. The summed E-state index contributed by atoms with van der Waals surface area (Å²) in [5, 5.41) is 2.81. The molecule has 0 aromatic carbocycles. The fourth-order valence-electron chi connectivity index (χ4n) is 2.31. The molecular formula is C9H13NO2. The van der Waals surface area contributed by atoms with E-state index in [9.17, 15) is 9.59 Å². The lowest BCUT2D eigenvalue weighted by Gasteiger charge is -2.30. The van der Waals surface area contributed by atoms with Gasteiger partial charge in [0.2, 0.25) is 5.91 Å². The number of carbonyl (C=O) groups excluding carboxylic acids is 2. The van der Waals surface area contributed by atoms with Gasteiger partial charge in [0, 0.05) is 31.2 Å². The third kappa shape index (κ3) is 1.24. The summed E-state index contributed by atoms with van der Waals surface area (Å²) < 4.78 is 0. The van der Waals surface area contributed by atoms with E-state index < -0.39 is 0 Å². The minimum absolute atomic E-state index is 0.00637. The first-order valence-electron chi connectivity index (χ1n) is 4.49. The highest BCUT2D eigenvalue weighted by Gasteiger charge is 2.41. The van der Waals surface area contributed by atoms with Crippen LogP contribution in [-0.4, -0.2) is 18.2 Å². The first-order chi connectivity index (χ1) is 5.70. The van der Waals surface area contributed by atoms with Crippen molar-refractivity contribution in [3.05, 3.63) is 0 Å². The lowest BCUT2D eigenvalue weighted by Crippen LogP contribution is -2.30. The highest BCUT2D eigenvalue weighted by atomic mass is 16.2. The van der Waals surface area contributed by atoms with Gasteiger partial charge in [0.15, 0.2) is 0 Å². The molecule has 12 heavy (non-hydrogen) atoms. The Morgan fingerprint density at radius 1 is 1.25 bits per heavy atom. The standard InChI is InChI=1S/C9H13NO2/c11-7-2-1-3-9(4-7)5-8(12)10-6-9/h1-6H2,(H,10,12). The molecule has 1 N–H and O–H groups in total. The van der Waals surface area contributed by atoms with Crippen molar-refractivity contribution in [2.45, 2.75) is 32.1 Å². The number of rotatable bonds is 0. The maximum absolute atomic E-state index is 11.2. The molecule has 0 aromatic rings. The smallest absolute Gasteiger partial charge is 0.220 e. The highest BCUT2D eigenvalue weighted by Crippen LogP contribution is 2.39. The summed E-state index contributed by atoms with van der Waals surface area (Å²) in [5.41, 5.74) is 0.00637. The van der Waals surface area contributed by atoms with Crippen LogP contribution in [0.3, 0.4) is 0 Å². The van der Waals surface area contributed by atoms with Gasteiger partial charge in [-0.2, -0.15) is 0 Å². The second-order valence-corrected chi connectivity index (χ2v) is 4.02. The van der Waals surface area contributed by atoms with Gasteiger partial charge in [0.1, 0.15) is 5.78 Å². The lowest BCUT2D eigenvalue weighted by atomic mass is 9.73. The van der Waals surface area contributed by atoms with Crippen molar-refractivity contribution >= 4 is 11.7 Å². The SMILES string of the molecule is O=C1CCCC2(CNC(=O)C2)C1. The minimum atomic E-state index is 0.00637. The number of hydrogen-bond acceptors (Lipinski definition) is 2. The highest BCUT2D eigenvalue weighted by molar-refractivity contribution is 5.84. The predicted octanol–water partition coefficient (Wildman–Crippen LogP) is 0.636. The Morgan fingerprint density at radius 3 is 2.67 bits per heavy atom. The third-order valence-electron chi connectivity index (χ3n) is 2.93. The van der Waals surface area contributed by atoms with E-state index in [0.717, 1.165) is 25.8 Å². The first-order valence-corrected chi connectivity index (χ1v) is 4.49. The largest absolute Gasteiger partial charge is 0.355 e. The third-order valence-corrected chi connectivity index (χ3v) is 2.93. The molecule has 0 radical (unpaired) electrons. The van der Waals surface area contributed by atoms with Crippen molar-refractivity contribution in [1.29, 1.82) is 0 Å². The van der Waals surface area contributed by atoms with Crippen LogP contribution in [0.15, 0.2) is 0 Å². The second-order valence-electron chi connectivity index (χ2n) is 4.02. The Bertz CT molecular complexity index is 237. The molecule has 0 bridgehead atoms. The van der Waals surface area contributed by atoms with Gasteiger partial charge in [0.05, 0.1) is 0 Å². The van der Waals surface area contributed by atoms with Gasteiger partial charge in [-0.05, 0) is 12.8 Å². The summed E-state index contributed by atoms with van der Waals surface area (Å²) in [6.45, 7) is 0.720. The molecule has 2 fully saturated rings. The monoisotopic (exact) mass is 167 g/mol. The van der Waals surface area contributed by atoms with Crippen molar-refractivity contribution in [2.75, 3.05) is 6.54 Å². The zero-order valence-corrected chi connectivity index (χ0v) is 7.06. The second kappa shape index (κ2) is 2.57. The Kier molecular flexibility index (Phi) is 1.67. The van der Waals surface area contributed by atoms with Crippen LogP contribution in [0.2, 0.25) is 0 Å². The fourth-order valence-corrected chi connectivity index (χ4v) is 2.31. The van der Waals surface area contributed by atoms with Crippen LogP contribution in [0.25, 0.3) is 0 Å². The van der Waals surface area contributed by atoms with Crippen LogP contribution in [0.4, 0.5) is 0 Å². The molecule has 2 aliphatic rings. The van der Waals surface area contributed by atoms with E-state index in [0.29, 0.717) is 18.6 Å². The fraction of sp³-hybridized carbons (Fsp3) is 0.778. The van der Waals surface area contributed by atoms with Crippen LogP contribution in [0.1, 0.15) is 32.1 Å². The molecule has 1 aliphatic carbocycles. The molecule has 0 aromatic heterocycles. The van der Waals surface area contributed by atoms with Gasteiger partial charge < -0.3 is 5.32 Å². The van der Waals surface area contributed by atoms with Gasteiger partial charge in [-0.3, -0.25) is 9.59 Å². The Labute approximate surface area is 71.5 Å². The van der Waals surface area contributed by atoms with Crippen molar-refractivity contribution in [3.63, 3.8) is 0 Å². The predicted molar refractivity (Wildman–Crippen MR) is 43.5 cm³/mol. The van der Waals surface area contributed by atoms with Gasteiger partial charge in [-0.1, -0.05) is 0 Å². The van der Waals surface area contributed by atoms with Gasteiger partial charge in [-0.25, -0.2) is 0 Å². The maximum atomic E-state index is 11.2. The van der Waals surface area contributed by atoms with E-state index >= 15 is 0 Å². The van der Waals surface area contributed by atoms with E-state index in [-0.39, 0.29) is 11.3 Å². The van der Waals surface area contributed by atoms with Crippen molar-refractivity contribution in [3.8, 4) is 0 Å². The molecule has 1 spiro atoms. The average Bonchev–Trinajstić information content (AvgIpc) is 2.32. The van der Waals surface area contributed by atoms with E-state index in [1.165, 1.54) is 0 Å². The van der Waals surface area contributed by atoms with E-state index in [2.05, 4.69) is 5.32 Å². The van der Waals surface area contributed by atoms with Gasteiger partial charge in [0.25, 0.3) is 0 Å². The minimum Gasteiger partial charge on any atom is -0.355 e. The van der Waals surface area contributed by atoms with Gasteiger partial charge in [-0.15, -0.1) is 0 Å². The molecule has 1 heterocycles. The normalized spacial score (nSPS) is 35.7. The molecule has 3 heteroatoms. The molecule has 1 saturated heterocycles. The van der Waals surface area contributed by atoms with Crippen LogP contribution >= 0.6 is 0 Å². The first kappa shape index (κ1) is 7.77. The number of Topliss-reactive ketones (excluding diaryl/α,β-unsaturated/α-hetero) is 1. The van der Waals surface area contributed by atoms with Gasteiger partial charge >= 0.3 is 0 Å². The molecule has 1 unspecified atom stereocenters. The van der Waals surface area contributed by atoms with Crippen molar-refractivity contribution < 1.29 is 9.59 Å². The zero-order valence-electron chi connectivity index (χ0n) is 7.06. The summed E-state index contributed by atoms with van der Waals surface area (Å²) in [5.74, 6) is 0.447. The van der Waals surface area contributed by atoms with E-state index in [1.807, 2.05) is 0 Å². The Balaban J connectivity index is 2.10. The molecule has 1 atom stereocenters. The topological polar surface area (TPSA) is 46.2 Å².